The van der Waals surface area contributed by atoms with Gasteiger partial charge in [0.05, 0.1) is 17.5 Å². The highest BCUT2D eigenvalue weighted by atomic mass is 32.2. The number of hydrogen-bond donors (Lipinski definition) is 1. The molecule has 0 aromatic heterocycles. The number of likely N-dealkylation sites (tertiary alicyclic amines) is 1. The number of allylic oxidation sites excluding steroid dienone is 3. The third kappa shape index (κ3) is 3.93. The molecule has 2 aliphatic rings. The summed E-state index contributed by atoms with van der Waals surface area (Å²) in [4.78, 5) is 14.0. The molecule has 1 amide bonds. The van der Waals surface area contributed by atoms with E-state index in [1.807, 2.05) is 13.0 Å². The maximum atomic E-state index is 11.8. The van der Waals surface area contributed by atoms with Gasteiger partial charge in [-0.3, -0.25) is 9.69 Å². The molecule has 112 valence electrons. The maximum absolute atomic E-state index is 11.8. The first-order chi connectivity index (χ1) is 9.52. The predicted molar refractivity (Wildman–Crippen MR) is 79.1 cm³/mol. The lowest BCUT2D eigenvalue weighted by atomic mass is 10.1. The third-order valence-electron chi connectivity index (χ3n) is 3.81. The number of sulfone groups is 1. The van der Waals surface area contributed by atoms with Gasteiger partial charge in [0.1, 0.15) is 0 Å². The summed E-state index contributed by atoms with van der Waals surface area (Å²) in [7, 11) is -3.05. The summed E-state index contributed by atoms with van der Waals surface area (Å²) in [5, 5.41) is 2.84. The van der Waals surface area contributed by atoms with E-state index in [1.165, 1.54) is 6.08 Å². The second-order valence-electron chi connectivity index (χ2n) is 5.39. The fraction of sp³-hybridized carbons (Fsp3) is 0.643. The van der Waals surface area contributed by atoms with Crippen molar-refractivity contribution < 1.29 is 13.2 Å². The van der Waals surface area contributed by atoms with Crippen molar-refractivity contribution >= 4 is 15.7 Å². The Hall–Kier alpha value is -1.14. The van der Waals surface area contributed by atoms with Crippen LogP contribution in [-0.4, -0.2) is 55.9 Å². The molecule has 0 spiro atoms. The van der Waals surface area contributed by atoms with Gasteiger partial charge in [-0.2, -0.15) is 0 Å². The molecule has 2 rings (SSSR count). The van der Waals surface area contributed by atoms with Gasteiger partial charge in [0, 0.05) is 12.1 Å². The first kappa shape index (κ1) is 15.3. The second kappa shape index (κ2) is 6.54. The number of hydrogen-bond acceptors (Lipinski definition) is 4. The van der Waals surface area contributed by atoms with Gasteiger partial charge in [0.15, 0.2) is 9.84 Å². The molecule has 2 aliphatic heterocycles. The maximum Gasteiger partial charge on any atom is 0.244 e. The van der Waals surface area contributed by atoms with Gasteiger partial charge >= 0.3 is 0 Å². The van der Waals surface area contributed by atoms with Gasteiger partial charge in [0.25, 0.3) is 0 Å². The predicted octanol–water partition coefficient (Wildman–Crippen LogP) is 0.496. The zero-order valence-electron chi connectivity index (χ0n) is 11.8. The van der Waals surface area contributed by atoms with Crippen LogP contribution in [0.2, 0.25) is 0 Å². The highest BCUT2D eigenvalue weighted by molar-refractivity contribution is 7.91. The monoisotopic (exact) mass is 298 g/mol. The molecule has 6 heteroatoms. The molecule has 20 heavy (non-hydrogen) atoms. The van der Waals surface area contributed by atoms with Crippen molar-refractivity contribution in [3.05, 3.63) is 24.3 Å². The van der Waals surface area contributed by atoms with Gasteiger partial charge < -0.3 is 5.32 Å². The van der Waals surface area contributed by atoms with Crippen molar-refractivity contribution in [2.75, 3.05) is 24.6 Å². The number of nitrogens with zero attached hydrogens (tertiary/aromatic N) is 1. The molecular weight excluding hydrogens is 276 g/mol. The average molecular weight is 298 g/mol. The van der Waals surface area contributed by atoms with E-state index < -0.39 is 9.84 Å². The Morgan fingerprint density at radius 3 is 2.55 bits per heavy atom. The highest BCUT2D eigenvalue weighted by Crippen LogP contribution is 2.22. The minimum Gasteiger partial charge on any atom is -0.347 e. The van der Waals surface area contributed by atoms with E-state index in [2.05, 4.69) is 10.2 Å². The molecule has 0 aromatic carbocycles. The molecule has 0 saturated carbocycles. The van der Waals surface area contributed by atoms with Crippen molar-refractivity contribution in [2.24, 2.45) is 0 Å². The standard InChI is InChI=1S/C14H22N2O3S/c1-2-3-4-7-14(17)15-12-10-20(18,19)11-13(12)16-8-5-6-9-16/h2-4,7,12-13H,5-6,8-11H2,1H3,(H,15,17)/b3-2+,7-4-/t12-,13+/m1/s1. The lowest BCUT2D eigenvalue weighted by Crippen LogP contribution is -2.49. The van der Waals surface area contributed by atoms with Crippen LogP contribution < -0.4 is 5.32 Å². The first-order valence-electron chi connectivity index (χ1n) is 7.06. The third-order valence-corrected chi connectivity index (χ3v) is 5.53. The molecule has 0 radical (unpaired) electrons. The SMILES string of the molecule is C/C=C/C=C\C(=O)N[C@@H]1CS(=O)(=O)C[C@@H]1N1CCCC1. The zero-order valence-corrected chi connectivity index (χ0v) is 12.6. The Kier molecular flexibility index (Phi) is 4.99. The fourth-order valence-electron chi connectivity index (χ4n) is 2.88. The summed E-state index contributed by atoms with van der Waals surface area (Å²) in [6, 6.07) is -0.359. The summed E-state index contributed by atoms with van der Waals surface area (Å²) in [5.41, 5.74) is 0. The Balaban J connectivity index is 2.01. The molecule has 1 N–H and O–H groups in total. The summed E-state index contributed by atoms with van der Waals surface area (Å²) in [6.45, 7) is 3.73. The quantitative estimate of drug-likeness (QED) is 0.606. The van der Waals surface area contributed by atoms with Gasteiger partial charge in [-0.25, -0.2) is 8.42 Å². The molecule has 0 unspecified atom stereocenters. The van der Waals surface area contributed by atoms with Crippen molar-refractivity contribution in [1.82, 2.24) is 10.2 Å². The first-order valence-corrected chi connectivity index (χ1v) is 8.88. The van der Waals surface area contributed by atoms with E-state index in [0.717, 1.165) is 25.9 Å². The van der Waals surface area contributed by atoms with Gasteiger partial charge in [-0.05, 0) is 32.9 Å². The van der Waals surface area contributed by atoms with Gasteiger partial charge in [0.2, 0.25) is 5.91 Å². The van der Waals surface area contributed by atoms with Gasteiger partial charge in [-0.1, -0.05) is 18.2 Å². The van der Waals surface area contributed by atoms with Crippen molar-refractivity contribution in [2.45, 2.75) is 31.8 Å². The van der Waals surface area contributed by atoms with E-state index in [1.54, 1.807) is 12.2 Å². The minimum atomic E-state index is -3.05. The number of rotatable bonds is 4. The van der Waals surface area contributed by atoms with E-state index >= 15 is 0 Å². The van der Waals surface area contributed by atoms with E-state index in [0.29, 0.717) is 0 Å². The Morgan fingerprint density at radius 1 is 1.20 bits per heavy atom. The van der Waals surface area contributed by atoms with Crippen LogP contribution in [0.4, 0.5) is 0 Å². The fourth-order valence-corrected chi connectivity index (χ4v) is 4.84. The molecule has 0 aliphatic carbocycles. The normalized spacial score (nSPS) is 30.4. The van der Waals surface area contributed by atoms with Crippen LogP contribution in [0.1, 0.15) is 19.8 Å². The molecule has 2 fully saturated rings. The van der Waals surface area contributed by atoms with Crippen LogP contribution in [0.3, 0.4) is 0 Å². The number of carbonyl (C=O) groups excluding carboxylic acids is 1. The number of amides is 1. The van der Waals surface area contributed by atoms with E-state index in [9.17, 15) is 13.2 Å². The lowest BCUT2D eigenvalue weighted by Gasteiger charge is -2.28. The molecule has 5 nitrogen and oxygen atoms in total. The van der Waals surface area contributed by atoms with Crippen LogP contribution >= 0.6 is 0 Å². The van der Waals surface area contributed by atoms with Crippen molar-refractivity contribution in [1.29, 1.82) is 0 Å². The molecule has 2 atom stereocenters. The number of nitrogens with one attached hydrogen (secondary N) is 1. The topological polar surface area (TPSA) is 66.5 Å². The molecule has 0 bridgehead atoms. The summed E-state index contributed by atoms with van der Waals surface area (Å²) in [5.74, 6) is -0.0113. The highest BCUT2D eigenvalue weighted by Gasteiger charge is 2.42. The van der Waals surface area contributed by atoms with Crippen LogP contribution in [0.25, 0.3) is 0 Å². The Morgan fingerprint density at radius 2 is 1.90 bits per heavy atom. The summed E-state index contributed by atoms with van der Waals surface area (Å²) in [6.07, 6.45) is 8.91. The van der Waals surface area contributed by atoms with Crippen LogP contribution in [0.15, 0.2) is 24.3 Å². The Bertz CT molecular complexity index is 505. The zero-order chi connectivity index (χ0) is 14.6. The summed E-state index contributed by atoms with van der Waals surface area (Å²) >= 11 is 0. The molecule has 2 saturated heterocycles. The van der Waals surface area contributed by atoms with Crippen LogP contribution in [-0.2, 0) is 14.6 Å². The average Bonchev–Trinajstić information content (AvgIpc) is 2.97. The molecule has 0 aromatic rings. The largest absolute Gasteiger partial charge is 0.347 e. The van der Waals surface area contributed by atoms with Crippen LogP contribution in [0.5, 0.6) is 0 Å². The minimum absolute atomic E-state index is 0.0529. The Labute approximate surface area is 120 Å². The molecular formula is C14H22N2O3S. The van der Waals surface area contributed by atoms with Crippen molar-refractivity contribution in [3.63, 3.8) is 0 Å². The van der Waals surface area contributed by atoms with Crippen molar-refractivity contribution in [3.8, 4) is 0 Å². The van der Waals surface area contributed by atoms with E-state index in [4.69, 9.17) is 0 Å². The molecule has 2 heterocycles. The second-order valence-corrected chi connectivity index (χ2v) is 7.54. The van der Waals surface area contributed by atoms with Crippen LogP contribution in [0, 0.1) is 0 Å². The summed E-state index contributed by atoms with van der Waals surface area (Å²) < 4.78 is 23.7. The van der Waals surface area contributed by atoms with Gasteiger partial charge in [-0.15, -0.1) is 0 Å². The number of carbonyl (C=O) groups is 1. The smallest absolute Gasteiger partial charge is 0.244 e. The lowest BCUT2D eigenvalue weighted by molar-refractivity contribution is -0.117. The van der Waals surface area contributed by atoms with E-state index in [-0.39, 0.29) is 29.5 Å².